The minimum atomic E-state index is 0.147. The lowest BCUT2D eigenvalue weighted by atomic mass is 9.86. The van der Waals surface area contributed by atoms with Crippen LogP contribution in [0, 0.1) is 11.8 Å². The molecule has 1 aromatic rings. The lowest BCUT2D eigenvalue weighted by Crippen LogP contribution is -2.39. The Labute approximate surface area is 127 Å². The number of aryl methyl sites for hydroxylation is 1. The highest BCUT2D eigenvalue weighted by Crippen LogP contribution is 2.37. The molecule has 3 heteroatoms. The van der Waals surface area contributed by atoms with Gasteiger partial charge in [-0.1, -0.05) is 30.7 Å². The van der Waals surface area contributed by atoms with Gasteiger partial charge >= 0.3 is 0 Å². The highest BCUT2D eigenvalue weighted by Gasteiger charge is 2.36. The van der Waals surface area contributed by atoms with Gasteiger partial charge in [0.15, 0.2) is 0 Å². The van der Waals surface area contributed by atoms with Crippen LogP contribution in [0.4, 0.5) is 0 Å². The minimum Gasteiger partial charge on any atom is -0.338 e. The Morgan fingerprint density at radius 3 is 2.86 bits per heavy atom. The van der Waals surface area contributed by atoms with Crippen molar-refractivity contribution in [3.63, 3.8) is 0 Å². The molecule has 0 bridgehead atoms. The third-order valence-electron chi connectivity index (χ3n) is 5.43. The molecule has 1 amide bonds. The van der Waals surface area contributed by atoms with E-state index >= 15 is 0 Å². The summed E-state index contributed by atoms with van der Waals surface area (Å²) in [6, 6.07) is 8.84. The second-order valence-electron chi connectivity index (χ2n) is 6.59. The molecule has 1 fully saturated rings. The SMILES string of the molecule is CN(C(=O)C1CCCC1CN)C1CCCc2ccccc21. The molecule has 3 unspecified atom stereocenters. The Morgan fingerprint density at radius 1 is 1.24 bits per heavy atom. The van der Waals surface area contributed by atoms with Gasteiger partial charge < -0.3 is 10.6 Å². The van der Waals surface area contributed by atoms with Crippen LogP contribution in [0.5, 0.6) is 0 Å². The summed E-state index contributed by atoms with van der Waals surface area (Å²) in [6.45, 7) is 0.644. The zero-order valence-electron chi connectivity index (χ0n) is 12.9. The van der Waals surface area contributed by atoms with E-state index in [1.807, 2.05) is 11.9 Å². The van der Waals surface area contributed by atoms with Gasteiger partial charge in [-0.2, -0.15) is 0 Å². The number of hydrogen-bond donors (Lipinski definition) is 1. The maximum Gasteiger partial charge on any atom is 0.226 e. The molecule has 0 radical (unpaired) electrons. The number of carbonyl (C=O) groups is 1. The summed E-state index contributed by atoms with van der Waals surface area (Å²) in [5.41, 5.74) is 8.61. The van der Waals surface area contributed by atoms with Crippen LogP contribution in [-0.2, 0) is 11.2 Å². The van der Waals surface area contributed by atoms with Crippen LogP contribution in [0.1, 0.15) is 49.3 Å². The number of nitrogens with zero attached hydrogens (tertiary/aromatic N) is 1. The van der Waals surface area contributed by atoms with Crippen LogP contribution in [0.25, 0.3) is 0 Å². The number of amides is 1. The number of fused-ring (bicyclic) bond motifs is 1. The molecule has 2 N–H and O–H groups in total. The van der Waals surface area contributed by atoms with Crippen molar-refractivity contribution < 1.29 is 4.79 Å². The minimum absolute atomic E-state index is 0.147. The Balaban J connectivity index is 1.79. The Bertz CT molecular complexity index is 514. The molecular weight excluding hydrogens is 260 g/mol. The van der Waals surface area contributed by atoms with E-state index in [-0.39, 0.29) is 12.0 Å². The van der Waals surface area contributed by atoms with Gasteiger partial charge in [-0.25, -0.2) is 0 Å². The average molecular weight is 286 g/mol. The fourth-order valence-corrected chi connectivity index (χ4v) is 4.19. The van der Waals surface area contributed by atoms with E-state index in [9.17, 15) is 4.79 Å². The van der Waals surface area contributed by atoms with Crippen LogP contribution in [0.15, 0.2) is 24.3 Å². The second-order valence-corrected chi connectivity index (χ2v) is 6.59. The van der Waals surface area contributed by atoms with Gasteiger partial charge in [0, 0.05) is 13.0 Å². The summed E-state index contributed by atoms with van der Waals surface area (Å²) >= 11 is 0. The van der Waals surface area contributed by atoms with Gasteiger partial charge in [-0.3, -0.25) is 4.79 Å². The Morgan fingerprint density at radius 2 is 2.05 bits per heavy atom. The summed E-state index contributed by atoms with van der Waals surface area (Å²) < 4.78 is 0. The normalized spacial score (nSPS) is 28.2. The molecule has 0 aromatic heterocycles. The maximum atomic E-state index is 12.9. The van der Waals surface area contributed by atoms with Gasteiger partial charge in [0.1, 0.15) is 0 Å². The first-order valence-electron chi connectivity index (χ1n) is 8.27. The van der Waals surface area contributed by atoms with E-state index in [1.54, 1.807) is 0 Å². The van der Waals surface area contributed by atoms with Gasteiger partial charge in [-0.05, 0) is 55.7 Å². The van der Waals surface area contributed by atoms with Gasteiger partial charge in [0.25, 0.3) is 0 Å². The van der Waals surface area contributed by atoms with Crippen molar-refractivity contribution in [2.75, 3.05) is 13.6 Å². The van der Waals surface area contributed by atoms with Crippen molar-refractivity contribution in [2.45, 2.75) is 44.6 Å². The molecule has 3 rings (SSSR count). The fraction of sp³-hybridized carbons (Fsp3) is 0.611. The standard InChI is InChI=1S/C18H26N2O/c1-20(18(21)16-10-4-8-14(16)12-19)17-11-5-7-13-6-2-3-9-15(13)17/h2-3,6,9,14,16-17H,4-5,7-8,10-12,19H2,1H3. The molecule has 1 aromatic carbocycles. The average Bonchev–Trinajstić information content (AvgIpc) is 3.01. The van der Waals surface area contributed by atoms with Crippen molar-refractivity contribution in [2.24, 2.45) is 17.6 Å². The highest BCUT2D eigenvalue weighted by atomic mass is 16.2. The topological polar surface area (TPSA) is 46.3 Å². The number of carbonyl (C=O) groups excluding carboxylic acids is 1. The van der Waals surface area contributed by atoms with E-state index in [2.05, 4.69) is 24.3 Å². The zero-order valence-corrected chi connectivity index (χ0v) is 12.9. The number of hydrogen-bond acceptors (Lipinski definition) is 2. The fourth-order valence-electron chi connectivity index (χ4n) is 4.19. The zero-order chi connectivity index (χ0) is 14.8. The van der Waals surface area contributed by atoms with Crippen molar-refractivity contribution in [1.82, 2.24) is 4.90 Å². The van der Waals surface area contributed by atoms with Crippen molar-refractivity contribution in [3.8, 4) is 0 Å². The lowest BCUT2D eigenvalue weighted by Gasteiger charge is -2.35. The highest BCUT2D eigenvalue weighted by molar-refractivity contribution is 5.79. The summed E-state index contributed by atoms with van der Waals surface area (Å²) in [7, 11) is 1.99. The van der Waals surface area contributed by atoms with E-state index in [4.69, 9.17) is 5.73 Å². The van der Waals surface area contributed by atoms with E-state index in [1.165, 1.54) is 17.5 Å². The largest absolute Gasteiger partial charge is 0.338 e. The predicted octanol–water partition coefficient (Wildman–Crippen LogP) is 2.90. The first kappa shape index (κ1) is 14.6. The van der Waals surface area contributed by atoms with Crippen LogP contribution >= 0.6 is 0 Å². The molecular formula is C18H26N2O. The predicted molar refractivity (Wildman–Crippen MR) is 84.8 cm³/mol. The van der Waals surface area contributed by atoms with Crippen LogP contribution < -0.4 is 5.73 Å². The smallest absolute Gasteiger partial charge is 0.226 e. The molecule has 1 saturated carbocycles. The monoisotopic (exact) mass is 286 g/mol. The van der Waals surface area contributed by atoms with Crippen molar-refractivity contribution >= 4 is 5.91 Å². The van der Waals surface area contributed by atoms with E-state index in [0.29, 0.717) is 18.4 Å². The quantitative estimate of drug-likeness (QED) is 0.928. The van der Waals surface area contributed by atoms with E-state index < -0.39 is 0 Å². The van der Waals surface area contributed by atoms with Gasteiger partial charge in [0.05, 0.1) is 6.04 Å². The van der Waals surface area contributed by atoms with Gasteiger partial charge in [-0.15, -0.1) is 0 Å². The number of rotatable bonds is 3. The van der Waals surface area contributed by atoms with Crippen LogP contribution in [0.3, 0.4) is 0 Å². The first-order valence-corrected chi connectivity index (χ1v) is 8.27. The lowest BCUT2D eigenvalue weighted by molar-refractivity contribution is -0.137. The Hall–Kier alpha value is -1.35. The number of nitrogens with two attached hydrogens (primary N) is 1. The molecule has 21 heavy (non-hydrogen) atoms. The summed E-state index contributed by atoms with van der Waals surface area (Å²) in [5, 5.41) is 0. The molecule has 3 atom stereocenters. The first-order chi connectivity index (χ1) is 10.2. The molecule has 0 spiro atoms. The summed E-state index contributed by atoms with van der Waals surface area (Å²) in [6.07, 6.45) is 6.67. The Kier molecular flexibility index (Phi) is 4.29. The van der Waals surface area contributed by atoms with Crippen molar-refractivity contribution in [1.29, 1.82) is 0 Å². The summed E-state index contributed by atoms with van der Waals surface area (Å²) in [4.78, 5) is 14.9. The molecule has 0 saturated heterocycles. The number of benzene rings is 1. The molecule has 2 aliphatic rings. The molecule has 0 aliphatic heterocycles. The van der Waals surface area contributed by atoms with Crippen LogP contribution in [-0.4, -0.2) is 24.4 Å². The van der Waals surface area contributed by atoms with Crippen LogP contribution in [0.2, 0.25) is 0 Å². The second kappa shape index (κ2) is 6.18. The van der Waals surface area contributed by atoms with E-state index in [0.717, 1.165) is 32.1 Å². The maximum absolute atomic E-state index is 12.9. The molecule has 0 heterocycles. The summed E-state index contributed by atoms with van der Waals surface area (Å²) in [5.74, 6) is 0.845. The molecule has 114 valence electrons. The molecule has 3 nitrogen and oxygen atoms in total. The molecule has 2 aliphatic carbocycles. The third-order valence-corrected chi connectivity index (χ3v) is 5.43. The third kappa shape index (κ3) is 2.71. The van der Waals surface area contributed by atoms with Crippen molar-refractivity contribution in [3.05, 3.63) is 35.4 Å². The van der Waals surface area contributed by atoms with Gasteiger partial charge in [0.2, 0.25) is 5.91 Å².